The Kier molecular flexibility index (Phi) is 9.79. The summed E-state index contributed by atoms with van der Waals surface area (Å²) in [6, 6.07) is 32.7. The first kappa shape index (κ1) is 33.4. The van der Waals surface area contributed by atoms with Crippen molar-refractivity contribution in [3.05, 3.63) is 170 Å². The van der Waals surface area contributed by atoms with Crippen LogP contribution < -0.4 is 19.6 Å². The molecular formula is C39H27FI2N2O4S. The Morgan fingerprint density at radius 3 is 2.37 bits per heavy atom. The van der Waals surface area contributed by atoms with Crippen LogP contribution in [0.15, 0.2) is 125 Å². The first-order chi connectivity index (χ1) is 23.8. The summed E-state index contributed by atoms with van der Waals surface area (Å²) < 4.78 is 29.7. The van der Waals surface area contributed by atoms with Crippen LogP contribution in [0.4, 0.5) is 4.39 Å². The molecule has 1 atom stereocenters. The van der Waals surface area contributed by atoms with Gasteiger partial charge in [-0.2, -0.15) is 0 Å². The van der Waals surface area contributed by atoms with Crippen LogP contribution in [0.5, 0.6) is 5.75 Å². The van der Waals surface area contributed by atoms with Gasteiger partial charge in [-0.15, -0.1) is 0 Å². The van der Waals surface area contributed by atoms with Crippen molar-refractivity contribution < 1.29 is 18.7 Å². The van der Waals surface area contributed by atoms with Crippen LogP contribution >= 0.6 is 56.5 Å². The van der Waals surface area contributed by atoms with E-state index in [1.807, 2.05) is 66.7 Å². The van der Waals surface area contributed by atoms with E-state index in [1.165, 1.54) is 28.0 Å². The topological polar surface area (TPSA) is 69.9 Å². The second-order valence-electron chi connectivity index (χ2n) is 11.2. The first-order valence-electron chi connectivity index (χ1n) is 15.4. The molecule has 0 radical (unpaired) electrons. The predicted molar refractivity (Wildman–Crippen MR) is 208 cm³/mol. The van der Waals surface area contributed by atoms with Crippen molar-refractivity contribution in [1.82, 2.24) is 4.57 Å². The third-order valence-electron chi connectivity index (χ3n) is 8.13. The third-order valence-corrected chi connectivity index (χ3v) is 10.7. The standard InChI is InChI=1S/C39H27FI2N2O4S/c1-2-47-38(46)33-34(25-10-4-3-5-11-25)43-39-44(35(33)26-15-17-28(40)18-16-26)37(45)32(49-39)21-23-19-30(41)36(31(42)20-23)48-22-27-13-8-12-24-9-6-7-14-29(24)27/h3-21,35H,2,22H2,1H3/b32-21-/t35-/m1/s1. The number of halogens is 3. The number of ether oxygens (including phenoxy) is 2. The lowest BCUT2D eigenvalue weighted by molar-refractivity contribution is -0.138. The van der Waals surface area contributed by atoms with Crippen molar-refractivity contribution in [3.63, 3.8) is 0 Å². The molecule has 49 heavy (non-hydrogen) atoms. The molecule has 10 heteroatoms. The van der Waals surface area contributed by atoms with Crippen LogP contribution in [0.3, 0.4) is 0 Å². The van der Waals surface area contributed by atoms with Gasteiger partial charge in [0.1, 0.15) is 18.2 Å². The average Bonchev–Trinajstić information content (AvgIpc) is 3.42. The summed E-state index contributed by atoms with van der Waals surface area (Å²) in [7, 11) is 0. The molecule has 0 unspecified atom stereocenters. The average molecular weight is 893 g/mol. The van der Waals surface area contributed by atoms with Gasteiger partial charge in [0.05, 0.1) is 35.6 Å². The molecule has 6 aromatic rings. The molecule has 0 bridgehead atoms. The minimum Gasteiger partial charge on any atom is -0.487 e. The van der Waals surface area contributed by atoms with Gasteiger partial charge in [0.15, 0.2) is 4.80 Å². The molecule has 6 nitrogen and oxygen atoms in total. The minimum absolute atomic E-state index is 0.143. The van der Waals surface area contributed by atoms with Crippen LogP contribution in [0.2, 0.25) is 0 Å². The third kappa shape index (κ3) is 6.73. The largest absolute Gasteiger partial charge is 0.487 e. The predicted octanol–water partition coefficient (Wildman–Crippen LogP) is 8.02. The number of carbonyl (C=O) groups is 1. The van der Waals surface area contributed by atoms with E-state index in [0.29, 0.717) is 32.8 Å². The first-order valence-corrected chi connectivity index (χ1v) is 18.4. The van der Waals surface area contributed by atoms with Gasteiger partial charge < -0.3 is 9.47 Å². The smallest absolute Gasteiger partial charge is 0.338 e. The van der Waals surface area contributed by atoms with Crippen LogP contribution in [0.1, 0.15) is 35.2 Å². The zero-order chi connectivity index (χ0) is 34.1. The van der Waals surface area contributed by atoms with Crippen LogP contribution in [0, 0.1) is 13.0 Å². The summed E-state index contributed by atoms with van der Waals surface area (Å²) in [4.78, 5) is 33.2. The molecule has 7 rings (SSSR count). The molecule has 0 fully saturated rings. The Morgan fingerprint density at radius 2 is 1.63 bits per heavy atom. The maximum atomic E-state index is 14.2. The number of fused-ring (bicyclic) bond motifs is 2. The van der Waals surface area contributed by atoms with Gasteiger partial charge in [-0.1, -0.05) is 96.3 Å². The van der Waals surface area contributed by atoms with Gasteiger partial charge in [0.2, 0.25) is 0 Å². The highest BCUT2D eigenvalue weighted by molar-refractivity contribution is 14.1. The molecule has 0 N–H and O–H groups in total. The number of esters is 1. The number of nitrogens with zero attached hydrogens (tertiary/aromatic N) is 2. The van der Waals surface area contributed by atoms with Crippen molar-refractivity contribution in [2.45, 2.75) is 19.6 Å². The highest BCUT2D eigenvalue weighted by Gasteiger charge is 2.35. The van der Waals surface area contributed by atoms with Crippen LogP contribution in [0.25, 0.3) is 22.5 Å². The fourth-order valence-electron chi connectivity index (χ4n) is 5.92. The molecule has 2 heterocycles. The zero-order valence-corrected chi connectivity index (χ0v) is 31.2. The van der Waals surface area contributed by atoms with E-state index < -0.39 is 17.8 Å². The van der Waals surface area contributed by atoms with E-state index in [1.54, 1.807) is 19.1 Å². The van der Waals surface area contributed by atoms with E-state index in [0.717, 1.165) is 34.8 Å². The molecule has 244 valence electrons. The maximum Gasteiger partial charge on any atom is 0.338 e. The second-order valence-corrected chi connectivity index (χ2v) is 14.6. The Morgan fingerprint density at radius 1 is 0.939 bits per heavy atom. The van der Waals surface area contributed by atoms with Gasteiger partial charge >= 0.3 is 5.97 Å². The van der Waals surface area contributed by atoms with Gasteiger partial charge in [0.25, 0.3) is 5.56 Å². The quantitative estimate of drug-likeness (QED) is 0.115. The highest BCUT2D eigenvalue weighted by atomic mass is 127. The summed E-state index contributed by atoms with van der Waals surface area (Å²) in [5, 5.41) is 2.32. The molecule has 1 aliphatic heterocycles. The van der Waals surface area contributed by atoms with Crippen molar-refractivity contribution in [2.24, 2.45) is 4.99 Å². The summed E-state index contributed by atoms with van der Waals surface area (Å²) in [5.41, 5.74) is 3.52. The minimum atomic E-state index is -0.877. The van der Waals surface area contributed by atoms with E-state index >= 15 is 0 Å². The summed E-state index contributed by atoms with van der Waals surface area (Å²) in [6.45, 7) is 2.29. The number of rotatable bonds is 8. The van der Waals surface area contributed by atoms with Gasteiger partial charge in [0, 0.05) is 5.56 Å². The zero-order valence-electron chi connectivity index (χ0n) is 26.0. The molecular weight excluding hydrogens is 865 g/mol. The van der Waals surface area contributed by atoms with Crippen molar-refractivity contribution >= 4 is 85.0 Å². The highest BCUT2D eigenvalue weighted by Crippen LogP contribution is 2.35. The fourth-order valence-corrected chi connectivity index (χ4v) is 9.05. The normalized spacial score (nSPS) is 14.4. The molecule has 0 saturated heterocycles. The number of hydrogen-bond acceptors (Lipinski definition) is 6. The van der Waals surface area contributed by atoms with E-state index in [4.69, 9.17) is 14.5 Å². The molecule has 0 aliphatic carbocycles. The van der Waals surface area contributed by atoms with Crippen molar-refractivity contribution in [1.29, 1.82) is 0 Å². The van der Waals surface area contributed by atoms with Gasteiger partial charge in [-0.25, -0.2) is 14.2 Å². The second kappa shape index (κ2) is 14.4. The number of aromatic nitrogens is 1. The molecule has 5 aromatic carbocycles. The number of benzene rings is 5. The lowest BCUT2D eigenvalue weighted by Crippen LogP contribution is -2.40. The maximum absolute atomic E-state index is 14.2. The Bertz CT molecular complexity index is 2410. The fraction of sp³-hybridized carbons (Fsp3) is 0.103. The summed E-state index contributed by atoms with van der Waals surface area (Å²) in [6.07, 6.45) is 1.83. The molecule has 0 amide bonds. The van der Waals surface area contributed by atoms with Crippen LogP contribution in [-0.4, -0.2) is 17.1 Å². The number of thiazole rings is 1. The lowest BCUT2D eigenvalue weighted by Gasteiger charge is -2.25. The van der Waals surface area contributed by atoms with Crippen LogP contribution in [-0.2, 0) is 16.1 Å². The lowest BCUT2D eigenvalue weighted by atomic mass is 9.93. The van der Waals surface area contributed by atoms with Gasteiger partial charge in [-0.3, -0.25) is 9.36 Å². The number of hydrogen-bond donors (Lipinski definition) is 0. The molecule has 0 saturated carbocycles. The van der Waals surface area contributed by atoms with Crippen molar-refractivity contribution in [2.75, 3.05) is 6.61 Å². The molecule has 1 aliphatic rings. The van der Waals surface area contributed by atoms with Gasteiger partial charge in [-0.05, 0) is 110 Å². The van der Waals surface area contributed by atoms with E-state index in [2.05, 4.69) is 69.4 Å². The summed E-state index contributed by atoms with van der Waals surface area (Å²) in [5.74, 6) is -0.234. The molecule has 0 spiro atoms. The summed E-state index contributed by atoms with van der Waals surface area (Å²) >= 11 is 5.77. The SMILES string of the molecule is CCOC(=O)C1=C(c2ccccc2)N=c2s/c(=C\c3cc(I)c(OCc4cccc5ccccc45)c(I)c3)c(=O)n2[C@@H]1c1ccc(F)cc1. The Balaban J connectivity index is 1.32. The van der Waals surface area contributed by atoms with E-state index in [9.17, 15) is 14.0 Å². The number of carbonyl (C=O) groups excluding carboxylic acids is 1. The van der Waals surface area contributed by atoms with Crippen molar-refractivity contribution in [3.8, 4) is 5.75 Å². The Labute approximate surface area is 312 Å². The molecule has 1 aromatic heterocycles. The van der Waals surface area contributed by atoms with E-state index in [-0.39, 0.29) is 17.7 Å². The monoisotopic (exact) mass is 892 g/mol. The Hall–Kier alpha value is -4.14.